The minimum Gasteiger partial charge on any atom is -0.380 e. The fourth-order valence-electron chi connectivity index (χ4n) is 2.67. The Kier molecular flexibility index (Phi) is 2.14. The molecule has 0 radical (unpaired) electrons. The normalized spacial score (nSPS) is 21.1. The van der Waals surface area contributed by atoms with Crippen LogP contribution in [0.1, 0.15) is 0 Å². The SMILES string of the molecule is Cn1cnc2c(N3CC4(COC4)C3)nc(I)nc21. The van der Waals surface area contributed by atoms with Gasteiger partial charge in [0.05, 0.1) is 25.0 Å². The van der Waals surface area contributed by atoms with Crippen molar-refractivity contribution in [1.82, 2.24) is 19.5 Å². The first-order valence-corrected chi connectivity index (χ1v) is 6.92. The molecule has 0 saturated carbocycles. The third-order valence-electron chi connectivity index (χ3n) is 3.68. The molecule has 2 fully saturated rings. The highest BCUT2D eigenvalue weighted by Gasteiger charge is 2.50. The number of imidazole rings is 1. The molecule has 4 heterocycles. The van der Waals surface area contributed by atoms with Gasteiger partial charge < -0.3 is 14.2 Å². The fraction of sp³-hybridized carbons (Fsp3) is 0.545. The van der Waals surface area contributed by atoms with E-state index in [0.717, 1.165) is 47.1 Å². The number of halogens is 1. The first-order valence-electron chi connectivity index (χ1n) is 5.84. The summed E-state index contributed by atoms with van der Waals surface area (Å²) in [5, 5.41) is 0. The quantitative estimate of drug-likeness (QED) is 0.559. The molecule has 0 bridgehead atoms. The molecular weight excluding hydrogens is 345 g/mol. The maximum absolute atomic E-state index is 5.30. The lowest BCUT2D eigenvalue weighted by Crippen LogP contribution is -2.66. The Morgan fingerprint density at radius 2 is 2.11 bits per heavy atom. The zero-order valence-electron chi connectivity index (χ0n) is 9.93. The van der Waals surface area contributed by atoms with E-state index in [-0.39, 0.29) is 0 Å². The van der Waals surface area contributed by atoms with E-state index >= 15 is 0 Å². The first-order chi connectivity index (χ1) is 8.67. The number of anilines is 1. The van der Waals surface area contributed by atoms with Crippen LogP contribution in [0, 0.1) is 9.25 Å². The number of aryl methyl sites for hydroxylation is 1. The maximum Gasteiger partial charge on any atom is 0.194 e. The second kappa shape index (κ2) is 3.53. The molecule has 0 unspecified atom stereocenters. The lowest BCUT2D eigenvalue weighted by Gasteiger charge is -2.55. The summed E-state index contributed by atoms with van der Waals surface area (Å²) >= 11 is 2.16. The predicted octanol–water partition coefficient (Wildman–Crippen LogP) is 0.804. The van der Waals surface area contributed by atoms with E-state index in [1.165, 1.54) is 0 Å². The van der Waals surface area contributed by atoms with Crippen LogP contribution in [0.5, 0.6) is 0 Å². The Balaban J connectivity index is 1.76. The summed E-state index contributed by atoms with van der Waals surface area (Å²) in [6, 6.07) is 0. The van der Waals surface area contributed by atoms with Crippen molar-refractivity contribution in [3.63, 3.8) is 0 Å². The molecule has 4 rings (SSSR count). The fourth-order valence-corrected chi connectivity index (χ4v) is 3.13. The average Bonchev–Trinajstić information content (AvgIpc) is 2.56. The Morgan fingerprint density at radius 3 is 2.78 bits per heavy atom. The molecule has 2 aromatic heterocycles. The molecular formula is C11H12IN5O. The smallest absolute Gasteiger partial charge is 0.194 e. The van der Waals surface area contributed by atoms with E-state index in [0.29, 0.717) is 5.41 Å². The van der Waals surface area contributed by atoms with Crippen molar-refractivity contribution in [2.45, 2.75) is 0 Å². The van der Waals surface area contributed by atoms with Crippen molar-refractivity contribution in [3.05, 3.63) is 10.2 Å². The molecule has 2 aliphatic heterocycles. The van der Waals surface area contributed by atoms with Crippen LogP contribution in [0.3, 0.4) is 0 Å². The maximum atomic E-state index is 5.30. The Hall–Kier alpha value is -0.960. The number of ether oxygens (including phenoxy) is 1. The molecule has 2 aliphatic rings. The highest BCUT2D eigenvalue weighted by molar-refractivity contribution is 14.1. The lowest BCUT2D eigenvalue weighted by atomic mass is 9.78. The summed E-state index contributed by atoms with van der Waals surface area (Å²) in [4.78, 5) is 15.7. The predicted molar refractivity (Wildman–Crippen MR) is 74.5 cm³/mol. The molecule has 18 heavy (non-hydrogen) atoms. The molecule has 94 valence electrons. The molecule has 0 aromatic carbocycles. The summed E-state index contributed by atoms with van der Waals surface area (Å²) < 4.78 is 8.00. The molecule has 6 nitrogen and oxygen atoms in total. The Labute approximate surface area is 118 Å². The summed E-state index contributed by atoms with van der Waals surface area (Å²) in [7, 11) is 1.96. The van der Waals surface area contributed by atoms with Crippen LogP contribution in [0.15, 0.2) is 6.33 Å². The van der Waals surface area contributed by atoms with Crippen LogP contribution in [-0.4, -0.2) is 45.8 Å². The number of nitrogens with zero attached hydrogens (tertiary/aromatic N) is 5. The van der Waals surface area contributed by atoms with E-state index in [2.05, 4.69) is 42.4 Å². The lowest BCUT2D eigenvalue weighted by molar-refractivity contribution is -0.127. The highest BCUT2D eigenvalue weighted by Crippen LogP contribution is 2.41. The minimum atomic E-state index is 0.386. The van der Waals surface area contributed by atoms with Gasteiger partial charge in [0, 0.05) is 42.7 Å². The number of hydrogen-bond donors (Lipinski definition) is 0. The van der Waals surface area contributed by atoms with Crippen molar-refractivity contribution < 1.29 is 4.74 Å². The molecule has 0 atom stereocenters. The van der Waals surface area contributed by atoms with Crippen molar-refractivity contribution in [3.8, 4) is 0 Å². The molecule has 2 saturated heterocycles. The van der Waals surface area contributed by atoms with Gasteiger partial charge in [0.1, 0.15) is 0 Å². The van der Waals surface area contributed by atoms with Crippen LogP contribution in [-0.2, 0) is 11.8 Å². The summed E-state index contributed by atoms with van der Waals surface area (Å²) in [5.74, 6) is 0.961. The zero-order valence-corrected chi connectivity index (χ0v) is 12.1. The number of rotatable bonds is 1. The molecule has 7 heteroatoms. The molecule has 0 amide bonds. The molecule has 0 N–H and O–H groups in total. The second-order valence-electron chi connectivity index (χ2n) is 5.19. The summed E-state index contributed by atoms with van der Waals surface area (Å²) in [6.45, 7) is 3.81. The van der Waals surface area contributed by atoms with E-state index in [1.54, 1.807) is 6.33 Å². The average molecular weight is 357 g/mol. The number of hydrogen-bond acceptors (Lipinski definition) is 5. The van der Waals surface area contributed by atoms with Crippen molar-refractivity contribution >= 4 is 39.6 Å². The third-order valence-corrected chi connectivity index (χ3v) is 4.17. The van der Waals surface area contributed by atoms with Crippen LogP contribution in [0.4, 0.5) is 5.82 Å². The van der Waals surface area contributed by atoms with E-state index < -0.39 is 0 Å². The van der Waals surface area contributed by atoms with Gasteiger partial charge >= 0.3 is 0 Å². The standard InChI is InChI=1S/C11H12IN5O/c1-16-6-13-7-8(16)14-10(12)15-9(7)17-2-11(3-17)4-18-5-11/h6H,2-5H2,1H3. The first kappa shape index (κ1) is 10.9. The van der Waals surface area contributed by atoms with Gasteiger partial charge in [-0.05, 0) is 0 Å². The highest BCUT2D eigenvalue weighted by atomic mass is 127. The van der Waals surface area contributed by atoms with Gasteiger partial charge in [-0.2, -0.15) is 0 Å². The van der Waals surface area contributed by atoms with Crippen molar-refractivity contribution in [1.29, 1.82) is 0 Å². The van der Waals surface area contributed by atoms with E-state index in [4.69, 9.17) is 4.74 Å². The third kappa shape index (κ3) is 1.40. The summed E-state index contributed by atoms with van der Waals surface area (Å²) in [5.41, 5.74) is 2.18. The van der Waals surface area contributed by atoms with E-state index in [9.17, 15) is 0 Å². The largest absolute Gasteiger partial charge is 0.380 e. The van der Waals surface area contributed by atoms with Gasteiger partial charge in [-0.3, -0.25) is 0 Å². The Bertz CT molecular complexity index is 628. The number of aromatic nitrogens is 4. The summed E-state index contributed by atoms with van der Waals surface area (Å²) in [6.07, 6.45) is 1.79. The minimum absolute atomic E-state index is 0.386. The van der Waals surface area contributed by atoms with Crippen molar-refractivity contribution in [2.24, 2.45) is 12.5 Å². The Morgan fingerprint density at radius 1 is 1.33 bits per heavy atom. The van der Waals surface area contributed by atoms with Gasteiger partial charge in [-0.1, -0.05) is 0 Å². The van der Waals surface area contributed by atoms with Gasteiger partial charge in [-0.15, -0.1) is 0 Å². The van der Waals surface area contributed by atoms with Gasteiger partial charge in [0.25, 0.3) is 0 Å². The van der Waals surface area contributed by atoms with Crippen LogP contribution in [0.25, 0.3) is 11.2 Å². The topological polar surface area (TPSA) is 56.1 Å². The zero-order chi connectivity index (χ0) is 12.3. The van der Waals surface area contributed by atoms with Gasteiger partial charge in [-0.25, -0.2) is 15.0 Å². The van der Waals surface area contributed by atoms with Crippen LogP contribution < -0.4 is 4.90 Å². The number of fused-ring (bicyclic) bond motifs is 1. The van der Waals surface area contributed by atoms with Crippen molar-refractivity contribution in [2.75, 3.05) is 31.2 Å². The molecule has 2 aromatic rings. The van der Waals surface area contributed by atoms with E-state index in [1.807, 2.05) is 11.6 Å². The molecule has 1 spiro atoms. The monoisotopic (exact) mass is 357 g/mol. The van der Waals surface area contributed by atoms with Crippen LogP contribution >= 0.6 is 22.6 Å². The van der Waals surface area contributed by atoms with Gasteiger partial charge in [0.15, 0.2) is 20.8 Å². The van der Waals surface area contributed by atoms with Crippen LogP contribution in [0.2, 0.25) is 0 Å². The van der Waals surface area contributed by atoms with Gasteiger partial charge in [0.2, 0.25) is 0 Å². The second-order valence-corrected chi connectivity index (χ2v) is 6.16. The molecule has 0 aliphatic carbocycles.